The van der Waals surface area contributed by atoms with Gasteiger partial charge < -0.3 is 9.47 Å². The van der Waals surface area contributed by atoms with E-state index in [-0.39, 0.29) is 11.2 Å². The van der Waals surface area contributed by atoms with E-state index in [1.807, 2.05) is 12.2 Å². The molecule has 10 rings (SSSR count). The molecule has 13 atom stereocenters. The van der Waals surface area contributed by atoms with Gasteiger partial charge in [0.1, 0.15) is 0 Å². The Balaban J connectivity index is 0.000000135. The Bertz CT molecular complexity index is 1550. The lowest BCUT2D eigenvalue weighted by molar-refractivity contribution is -0.134. The summed E-state index contributed by atoms with van der Waals surface area (Å²) in [5.41, 5.74) is 3.58. The van der Waals surface area contributed by atoms with E-state index < -0.39 is 0 Å². The average Bonchev–Trinajstić information content (AvgIpc) is 3.95. The number of hydrogen-bond donors (Lipinski definition) is 0. The van der Waals surface area contributed by atoms with Crippen molar-refractivity contribution in [2.24, 2.45) is 64.1 Å². The van der Waals surface area contributed by atoms with E-state index in [0.717, 1.165) is 74.4 Å². The first-order valence-electron chi connectivity index (χ1n) is 21.1. The summed E-state index contributed by atoms with van der Waals surface area (Å²) < 4.78 is 12.8. The zero-order valence-electron chi connectivity index (χ0n) is 31.2. The number of ketones is 2. The van der Waals surface area contributed by atoms with Crippen LogP contribution in [0, 0.1) is 64.1 Å². The van der Waals surface area contributed by atoms with Crippen LogP contribution in [0.2, 0.25) is 0 Å². The minimum absolute atomic E-state index is 0.0177. The van der Waals surface area contributed by atoms with Gasteiger partial charge in [0.15, 0.2) is 11.6 Å². The van der Waals surface area contributed by atoms with E-state index in [1.165, 1.54) is 88.2 Å². The molecule has 5 fully saturated rings. The molecule has 5 saturated carbocycles. The molecule has 10 aliphatic rings. The monoisotopic (exact) mass is 678 g/mol. The van der Waals surface area contributed by atoms with Crippen molar-refractivity contribution >= 4 is 11.6 Å². The second kappa shape index (κ2) is 12.5. The van der Waals surface area contributed by atoms with E-state index in [4.69, 9.17) is 9.47 Å². The van der Waals surface area contributed by atoms with Crippen LogP contribution in [0.1, 0.15) is 124 Å². The van der Waals surface area contributed by atoms with Crippen LogP contribution in [0.4, 0.5) is 0 Å². The van der Waals surface area contributed by atoms with E-state index in [1.54, 1.807) is 0 Å². The zero-order valence-corrected chi connectivity index (χ0v) is 31.2. The number of allylic oxidation sites excluding steroid dienone is 5. The van der Waals surface area contributed by atoms with Crippen molar-refractivity contribution in [2.45, 2.75) is 135 Å². The number of fused-ring (bicyclic) bond motifs is 12. The van der Waals surface area contributed by atoms with Gasteiger partial charge in [0.05, 0.1) is 24.4 Å². The molecule has 50 heavy (non-hydrogen) atoms. The SMILES string of the molecule is CCC1CC2=CC(=O)CC[C@@H]2C2CC[C@@]3(CC)C(CC[C@@]34C=CCO4)C12.CC[C@]12CCC3C(C=CC4=CC(=O)CC[C@@H]43)C1CC[C@@]21C=CCO1. The van der Waals surface area contributed by atoms with Gasteiger partial charge in [-0.15, -0.1) is 0 Å². The van der Waals surface area contributed by atoms with Crippen LogP contribution in [0.15, 0.2) is 59.8 Å². The van der Waals surface area contributed by atoms with E-state index in [9.17, 15) is 9.59 Å². The molecule has 4 nitrogen and oxygen atoms in total. The highest BCUT2D eigenvalue weighted by Gasteiger charge is 2.66. The number of ether oxygens (including phenoxy) is 2. The lowest BCUT2D eigenvalue weighted by Crippen LogP contribution is -2.55. The fraction of sp³-hybridized carbons (Fsp3) is 0.739. The van der Waals surface area contributed by atoms with E-state index in [0.29, 0.717) is 40.2 Å². The third-order valence-electron chi connectivity index (χ3n) is 17.5. The summed E-state index contributed by atoms with van der Waals surface area (Å²) >= 11 is 0. The molecule has 2 aliphatic heterocycles. The van der Waals surface area contributed by atoms with Crippen LogP contribution in [0.25, 0.3) is 0 Å². The summed E-state index contributed by atoms with van der Waals surface area (Å²) in [5, 5.41) is 0. The molecule has 270 valence electrons. The molecule has 4 heteroatoms. The van der Waals surface area contributed by atoms with Gasteiger partial charge >= 0.3 is 0 Å². The maximum atomic E-state index is 12.0. The summed E-state index contributed by atoms with van der Waals surface area (Å²) in [4.78, 5) is 23.8. The summed E-state index contributed by atoms with van der Waals surface area (Å²) in [6, 6.07) is 0. The predicted molar refractivity (Wildman–Crippen MR) is 198 cm³/mol. The van der Waals surface area contributed by atoms with Crippen LogP contribution in [-0.2, 0) is 19.1 Å². The van der Waals surface area contributed by atoms with Crippen molar-refractivity contribution in [3.05, 3.63) is 59.8 Å². The summed E-state index contributed by atoms with van der Waals surface area (Å²) in [7, 11) is 0. The number of carbonyl (C=O) groups excluding carboxylic acids is 2. The Kier molecular flexibility index (Phi) is 8.47. The smallest absolute Gasteiger partial charge is 0.155 e. The van der Waals surface area contributed by atoms with Gasteiger partial charge in [-0.3, -0.25) is 9.59 Å². The summed E-state index contributed by atoms with van der Waals surface area (Å²) in [6.45, 7) is 8.80. The summed E-state index contributed by atoms with van der Waals surface area (Å²) in [6.07, 6.45) is 37.1. The fourth-order valence-corrected chi connectivity index (χ4v) is 15.5. The quantitative estimate of drug-likeness (QED) is 0.279. The number of carbonyl (C=O) groups is 2. The van der Waals surface area contributed by atoms with Crippen molar-refractivity contribution in [1.82, 2.24) is 0 Å². The normalized spacial score (nSPS) is 49.4. The first-order valence-corrected chi connectivity index (χ1v) is 21.1. The molecule has 2 heterocycles. The number of hydrogen-bond acceptors (Lipinski definition) is 4. The van der Waals surface area contributed by atoms with Crippen LogP contribution < -0.4 is 0 Å². The van der Waals surface area contributed by atoms with Crippen LogP contribution in [-0.4, -0.2) is 36.0 Å². The molecule has 0 radical (unpaired) electrons. The third kappa shape index (κ3) is 4.68. The summed E-state index contributed by atoms with van der Waals surface area (Å²) in [5.74, 6) is 7.48. The largest absolute Gasteiger partial charge is 0.366 e. The van der Waals surface area contributed by atoms with Crippen molar-refractivity contribution < 1.29 is 19.1 Å². The Hall–Kier alpha value is -2.04. The van der Waals surface area contributed by atoms with Gasteiger partial charge in [0.25, 0.3) is 0 Å². The highest BCUT2D eigenvalue weighted by atomic mass is 16.5. The van der Waals surface area contributed by atoms with Crippen molar-refractivity contribution in [3.8, 4) is 0 Å². The maximum Gasteiger partial charge on any atom is 0.155 e. The molecule has 0 saturated heterocycles. The van der Waals surface area contributed by atoms with Gasteiger partial charge in [-0.25, -0.2) is 0 Å². The van der Waals surface area contributed by atoms with Gasteiger partial charge in [-0.2, -0.15) is 0 Å². The standard InChI is InChI=1S/C24H34O2.C22H28O2/c1-3-16-14-17-15-18(25)6-7-19(17)20-8-11-23(4-2)21(22(16)20)9-12-24(23)10-5-13-26-24;1-2-21-11-8-18-17-7-5-16(23)14-15(17)4-6-19(18)20(21)9-12-22(21)10-3-13-24-22/h5,10,15-16,19-22H,3-4,6-9,11-14H2,1-2H3;3-4,6,10,14,17-20H,2,5,7-9,11-13H2,1H3/t16?,19-,20?,21?,22?,23-,24-;17-,18?,19?,20?,21-,22-/m00/s1. The molecule has 2 spiro atoms. The van der Waals surface area contributed by atoms with E-state index in [2.05, 4.69) is 57.2 Å². The minimum atomic E-state index is 0.0177. The Morgan fingerprint density at radius 1 is 0.700 bits per heavy atom. The molecule has 8 aliphatic carbocycles. The molecular formula is C46H62O4. The Morgan fingerprint density at radius 2 is 1.32 bits per heavy atom. The molecule has 7 unspecified atom stereocenters. The molecule has 0 bridgehead atoms. The van der Waals surface area contributed by atoms with Crippen molar-refractivity contribution in [2.75, 3.05) is 13.2 Å². The Morgan fingerprint density at radius 3 is 1.96 bits per heavy atom. The van der Waals surface area contributed by atoms with E-state index >= 15 is 0 Å². The van der Waals surface area contributed by atoms with Crippen LogP contribution in [0.5, 0.6) is 0 Å². The zero-order chi connectivity index (χ0) is 34.3. The highest BCUT2D eigenvalue weighted by Crippen LogP contribution is 2.70. The maximum absolute atomic E-state index is 12.0. The second-order valence-corrected chi connectivity index (χ2v) is 18.4. The first-order chi connectivity index (χ1) is 24.3. The first kappa shape index (κ1) is 33.8. The molecule has 0 aromatic rings. The topological polar surface area (TPSA) is 52.6 Å². The number of rotatable bonds is 3. The lowest BCUT2D eigenvalue weighted by Gasteiger charge is -2.59. The second-order valence-electron chi connectivity index (χ2n) is 18.4. The van der Waals surface area contributed by atoms with Crippen LogP contribution >= 0.6 is 0 Å². The predicted octanol–water partition coefficient (Wildman–Crippen LogP) is 10.1. The average molecular weight is 679 g/mol. The van der Waals surface area contributed by atoms with Gasteiger partial charge in [0, 0.05) is 23.7 Å². The molecule has 0 aromatic heterocycles. The molecule has 0 amide bonds. The fourth-order valence-electron chi connectivity index (χ4n) is 15.5. The van der Waals surface area contributed by atoms with Gasteiger partial charge in [-0.05, 0) is 154 Å². The van der Waals surface area contributed by atoms with Crippen molar-refractivity contribution in [3.63, 3.8) is 0 Å². The third-order valence-corrected chi connectivity index (χ3v) is 17.5. The lowest BCUT2D eigenvalue weighted by atomic mass is 9.47. The highest BCUT2D eigenvalue weighted by molar-refractivity contribution is 5.92. The van der Waals surface area contributed by atoms with Crippen LogP contribution in [0.3, 0.4) is 0 Å². The Labute approximate surface area is 301 Å². The molecular weight excluding hydrogens is 617 g/mol. The van der Waals surface area contributed by atoms with Gasteiger partial charge in [-0.1, -0.05) is 69.2 Å². The molecule has 0 aromatic carbocycles. The minimum Gasteiger partial charge on any atom is -0.366 e. The van der Waals surface area contributed by atoms with Gasteiger partial charge in [0.2, 0.25) is 0 Å². The molecule has 0 N–H and O–H groups in total. The van der Waals surface area contributed by atoms with Crippen molar-refractivity contribution in [1.29, 1.82) is 0 Å².